The molecule has 1 heterocycles. The van der Waals surface area contributed by atoms with Gasteiger partial charge < -0.3 is 10.3 Å². The molecule has 0 aliphatic heterocycles. The number of hydrogen-bond acceptors (Lipinski definition) is 3. The molecule has 62 valence electrons. The molecule has 0 aliphatic rings. The summed E-state index contributed by atoms with van der Waals surface area (Å²) in [5.41, 5.74) is 6.61. The number of hydrogen-bond donors (Lipinski definition) is 1. The first kappa shape index (κ1) is 8.46. The van der Waals surface area contributed by atoms with Crippen molar-refractivity contribution in [2.24, 2.45) is 0 Å². The highest BCUT2D eigenvalue weighted by atomic mass is 32.2. The van der Waals surface area contributed by atoms with Gasteiger partial charge in [-0.1, -0.05) is 0 Å². The van der Waals surface area contributed by atoms with E-state index in [-0.39, 0.29) is 0 Å². The fourth-order valence-electron chi connectivity index (χ4n) is 0.934. The number of aromatic nitrogens is 2. The predicted octanol–water partition coefficient (Wildman–Crippen LogP) is 1.14. The van der Waals surface area contributed by atoms with Crippen molar-refractivity contribution in [2.75, 3.05) is 17.7 Å². The Morgan fingerprint density at radius 1 is 1.73 bits per heavy atom. The van der Waals surface area contributed by atoms with E-state index in [0.29, 0.717) is 5.95 Å². The number of nitrogens with zero attached hydrogens (tertiary/aromatic N) is 2. The third kappa shape index (κ3) is 2.15. The standard InChI is InChI=1S/C7H13N3S/c1-6-5-10(3-4-11-2)7(8)9-6/h5H,3-4H2,1-2H3,(H2,8,9). The second kappa shape index (κ2) is 3.67. The van der Waals surface area contributed by atoms with E-state index in [0.717, 1.165) is 18.0 Å². The molecule has 0 bridgehead atoms. The number of anilines is 1. The summed E-state index contributed by atoms with van der Waals surface area (Å²) >= 11 is 1.81. The van der Waals surface area contributed by atoms with Crippen molar-refractivity contribution in [1.82, 2.24) is 9.55 Å². The van der Waals surface area contributed by atoms with Gasteiger partial charge in [0.15, 0.2) is 5.95 Å². The molecule has 0 fully saturated rings. The zero-order valence-electron chi connectivity index (χ0n) is 6.87. The monoisotopic (exact) mass is 171 g/mol. The molecule has 1 rings (SSSR count). The molecule has 0 aromatic carbocycles. The van der Waals surface area contributed by atoms with Gasteiger partial charge in [0.25, 0.3) is 0 Å². The Morgan fingerprint density at radius 3 is 2.91 bits per heavy atom. The average molecular weight is 171 g/mol. The molecule has 4 heteroatoms. The van der Waals surface area contributed by atoms with E-state index in [2.05, 4.69) is 11.2 Å². The summed E-state index contributed by atoms with van der Waals surface area (Å²) in [5.74, 6) is 1.71. The summed E-state index contributed by atoms with van der Waals surface area (Å²) in [4.78, 5) is 4.10. The van der Waals surface area contributed by atoms with Crippen molar-refractivity contribution >= 4 is 17.7 Å². The topological polar surface area (TPSA) is 43.8 Å². The highest BCUT2D eigenvalue weighted by Gasteiger charge is 1.98. The maximum absolute atomic E-state index is 5.62. The van der Waals surface area contributed by atoms with E-state index in [4.69, 9.17) is 5.73 Å². The lowest BCUT2D eigenvalue weighted by Crippen LogP contribution is -2.03. The van der Waals surface area contributed by atoms with Crippen LogP contribution in [0.3, 0.4) is 0 Å². The molecule has 11 heavy (non-hydrogen) atoms. The van der Waals surface area contributed by atoms with E-state index in [1.165, 1.54) is 0 Å². The lowest BCUT2D eigenvalue weighted by molar-refractivity contribution is 0.783. The van der Waals surface area contributed by atoms with E-state index >= 15 is 0 Å². The minimum absolute atomic E-state index is 0.622. The van der Waals surface area contributed by atoms with Gasteiger partial charge in [-0.25, -0.2) is 4.98 Å². The summed E-state index contributed by atoms with van der Waals surface area (Å²) in [7, 11) is 0. The summed E-state index contributed by atoms with van der Waals surface area (Å²) in [6.07, 6.45) is 4.06. The van der Waals surface area contributed by atoms with Gasteiger partial charge in [0.05, 0.1) is 5.69 Å². The molecule has 0 aliphatic carbocycles. The van der Waals surface area contributed by atoms with Gasteiger partial charge in [-0.05, 0) is 13.2 Å². The Balaban J connectivity index is 2.62. The van der Waals surface area contributed by atoms with Crippen molar-refractivity contribution in [3.63, 3.8) is 0 Å². The lowest BCUT2D eigenvalue weighted by Gasteiger charge is -2.00. The number of imidazole rings is 1. The van der Waals surface area contributed by atoms with E-state index in [9.17, 15) is 0 Å². The minimum Gasteiger partial charge on any atom is -0.369 e. The van der Waals surface area contributed by atoms with Crippen LogP contribution in [0, 0.1) is 6.92 Å². The zero-order valence-corrected chi connectivity index (χ0v) is 7.69. The Bertz CT molecular complexity index is 232. The number of nitrogens with two attached hydrogens (primary N) is 1. The van der Waals surface area contributed by atoms with Crippen LogP contribution in [0.15, 0.2) is 6.20 Å². The number of rotatable bonds is 3. The normalized spacial score (nSPS) is 10.4. The summed E-state index contributed by atoms with van der Waals surface area (Å²) in [6.45, 7) is 2.90. The Morgan fingerprint density at radius 2 is 2.45 bits per heavy atom. The smallest absolute Gasteiger partial charge is 0.200 e. The predicted molar refractivity (Wildman–Crippen MR) is 49.8 cm³/mol. The van der Waals surface area contributed by atoms with E-state index in [1.54, 1.807) is 0 Å². The molecular formula is C7H13N3S. The summed E-state index contributed by atoms with van der Waals surface area (Å²) in [5, 5.41) is 0. The maximum Gasteiger partial charge on any atom is 0.200 e. The van der Waals surface area contributed by atoms with Gasteiger partial charge in [0, 0.05) is 18.5 Å². The molecule has 2 N–H and O–H groups in total. The molecule has 1 aromatic heterocycles. The first-order valence-electron chi connectivity index (χ1n) is 3.52. The van der Waals surface area contributed by atoms with Crippen molar-refractivity contribution < 1.29 is 0 Å². The second-order valence-corrected chi connectivity index (χ2v) is 3.41. The third-order valence-corrected chi connectivity index (χ3v) is 2.05. The molecule has 0 radical (unpaired) electrons. The van der Waals surface area contributed by atoms with Crippen molar-refractivity contribution in [3.05, 3.63) is 11.9 Å². The quantitative estimate of drug-likeness (QED) is 0.741. The Labute approximate surface area is 71.0 Å². The van der Waals surface area contributed by atoms with Gasteiger partial charge in [-0.3, -0.25) is 0 Å². The van der Waals surface area contributed by atoms with Crippen LogP contribution in [-0.4, -0.2) is 21.6 Å². The average Bonchev–Trinajstić information content (AvgIpc) is 2.26. The number of nitrogen functional groups attached to an aromatic ring is 1. The van der Waals surface area contributed by atoms with Crippen LogP contribution in [-0.2, 0) is 6.54 Å². The zero-order chi connectivity index (χ0) is 8.27. The molecule has 0 saturated carbocycles. The molecular weight excluding hydrogens is 158 g/mol. The molecule has 3 nitrogen and oxygen atoms in total. The largest absolute Gasteiger partial charge is 0.369 e. The van der Waals surface area contributed by atoms with Crippen LogP contribution in [0.5, 0.6) is 0 Å². The number of thioether (sulfide) groups is 1. The van der Waals surface area contributed by atoms with Gasteiger partial charge in [0.2, 0.25) is 0 Å². The van der Waals surface area contributed by atoms with Crippen LogP contribution < -0.4 is 5.73 Å². The van der Waals surface area contributed by atoms with Crippen molar-refractivity contribution in [2.45, 2.75) is 13.5 Å². The van der Waals surface area contributed by atoms with Crippen LogP contribution >= 0.6 is 11.8 Å². The van der Waals surface area contributed by atoms with E-state index in [1.807, 2.05) is 29.4 Å². The molecule has 0 unspecified atom stereocenters. The SMILES string of the molecule is CSCCn1cc(C)nc1N. The Hall–Kier alpha value is -0.640. The second-order valence-electron chi connectivity index (χ2n) is 2.43. The van der Waals surface area contributed by atoms with Gasteiger partial charge in [-0.2, -0.15) is 11.8 Å². The van der Waals surface area contributed by atoms with Crippen LogP contribution in [0.2, 0.25) is 0 Å². The highest BCUT2D eigenvalue weighted by molar-refractivity contribution is 7.98. The summed E-state index contributed by atoms with van der Waals surface area (Å²) < 4.78 is 1.98. The first-order valence-corrected chi connectivity index (χ1v) is 4.91. The van der Waals surface area contributed by atoms with Crippen LogP contribution in [0.25, 0.3) is 0 Å². The molecule has 0 saturated heterocycles. The van der Waals surface area contributed by atoms with Gasteiger partial charge in [-0.15, -0.1) is 0 Å². The fraction of sp³-hybridized carbons (Fsp3) is 0.571. The van der Waals surface area contributed by atoms with Gasteiger partial charge in [0.1, 0.15) is 0 Å². The van der Waals surface area contributed by atoms with Gasteiger partial charge >= 0.3 is 0 Å². The maximum atomic E-state index is 5.62. The molecule has 0 spiro atoms. The minimum atomic E-state index is 0.622. The summed E-state index contributed by atoms with van der Waals surface area (Å²) in [6, 6.07) is 0. The molecule has 1 aromatic rings. The van der Waals surface area contributed by atoms with E-state index < -0.39 is 0 Å². The molecule has 0 atom stereocenters. The first-order chi connectivity index (χ1) is 5.24. The van der Waals surface area contributed by atoms with Crippen molar-refractivity contribution in [3.8, 4) is 0 Å². The number of aryl methyl sites for hydroxylation is 2. The van der Waals surface area contributed by atoms with Crippen LogP contribution in [0.4, 0.5) is 5.95 Å². The highest BCUT2D eigenvalue weighted by Crippen LogP contribution is 2.05. The van der Waals surface area contributed by atoms with Crippen molar-refractivity contribution in [1.29, 1.82) is 0 Å². The van der Waals surface area contributed by atoms with Crippen LogP contribution in [0.1, 0.15) is 5.69 Å². The Kier molecular flexibility index (Phi) is 2.82. The molecule has 0 amide bonds. The fourth-order valence-corrected chi connectivity index (χ4v) is 1.31. The lowest BCUT2D eigenvalue weighted by atomic mass is 10.6. The third-order valence-electron chi connectivity index (χ3n) is 1.46.